The Hall–Kier alpha value is -1.35. The standard InChI is InChI=1S/C18H25NO2/c1-18(2)11-6-12-19-16(18)17(20)21-15-10-5-8-13-7-3-4-9-14(13)15/h3-4,7,9,15-16,19H,5-6,8,10-12H2,1-2H3. The molecular formula is C18H25NO2. The van der Waals surface area contributed by atoms with Crippen molar-refractivity contribution in [2.75, 3.05) is 6.54 Å². The van der Waals surface area contributed by atoms with Crippen molar-refractivity contribution in [1.29, 1.82) is 0 Å². The van der Waals surface area contributed by atoms with Crippen LogP contribution in [0.25, 0.3) is 0 Å². The Bertz CT molecular complexity index is 524. The predicted octanol–water partition coefficient (Wildman–Crippen LogP) is 3.39. The van der Waals surface area contributed by atoms with Crippen LogP contribution in [0.4, 0.5) is 0 Å². The molecule has 2 aliphatic rings. The summed E-state index contributed by atoms with van der Waals surface area (Å²) in [5, 5.41) is 3.35. The molecular weight excluding hydrogens is 262 g/mol. The molecule has 1 aromatic carbocycles. The van der Waals surface area contributed by atoms with Crippen molar-refractivity contribution in [2.24, 2.45) is 5.41 Å². The SMILES string of the molecule is CC1(C)CCCNC1C(=O)OC1CCCc2ccccc21. The van der Waals surface area contributed by atoms with Crippen molar-refractivity contribution >= 4 is 5.97 Å². The molecule has 2 unspecified atom stereocenters. The first-order chi connectivity index (χ1) is 10.1. The lowest BCUT2D eigenvalue weighted by molar-refractivity contribution is -0.157. The monoisotopic (exact) mass is 287 g/mol. The quantitative estimate of drug-likeness (QED) is 0.847. The van der Waals surface area contributed by atoms with Crippen LogP contribution in [0.15, 0.2) is 24.3 Å². The first-order valence-corrected chi connectivity index (χ1v) is 8.09. The third kappa shape index (κ3) is 2.98. The maximum atomic E-state index is 12.6. The number of esters is 1. The molecule has 0 radical (unpaired) electrons. The average molecular weight is 287 g/mol. The van der Waals surface area contributed by atoms with Crippen LogP contribution in [0.2, 0.25) is 0 Å². The molecule has 1 aliphatic heterocycles. The van der Waals surface area contributed by atoms with Crippen LogP contribution >= 0.6 is 0 Å². The van der Waals surface area contributed by atoms with Crippen LogP contribution in [-0.4, -0.2) is 18.6 Å². The van der Waals surface area contributed by atoms with E-state index in [9.17, 15) is 4.79 Å². The van der Waals surface area contributed by atoms with Crippen molar-refractivity contribution in [3.8, 4) is 0 Å². The molecule has 1 heterocycles. The molecule has 114 valence electrons. The number of ether oxygens (including phenoxy) is 1. The number of benzene rings is 1. The van der Waals surface area contributed by atoms with Crippen molar-refractivity contribution in [2.45, 2.75) is 58.1 Å². The molecule has 0 bridgehead atoms. The summed E-state index contributed by atoms with van der Waals surface area (Å²) in [6.45, 7) is 5.21. The molecule has 1 saturated heterocycles. The van der Waals surface area contributed by atoms with Crippen LogP contribution in [0, 0.1) is 5.41 Å². The van der Waals surface area contributed by atoms with Crippen molar-refractivity contribution in [1.82, 2.24) is 5.32 Å². The Morgan fingerprint density at radius 3 is 2.90 bits per heavy atom. The van der Waals surface area contributed by atoms with Gasteiger partial charge < -0.3 is 10.1 Å². The van der Waals surface area contributed by atoms with E-state index >= 15 is 0 Å². The number of hydrogen-bond acceptors (Lipinski definition) is 3. The number of rotatable bonds is 2. The van der Waals surface area contributed by atoms with Gasteiger partial charge in [0, 0.05) is 0 Å². The van der Waals surface area contributed by atoms with E-state index in [1.807, 2.05) is 6.07 Å². The summed E-state index contributed by atoms with van der Waals surface area (Å²) >= 11 is 0. The number of nitrogens with one attached hydrogen (secondary N) is 1. The van der Waals surface area contributed by atoms with Gasteiger partial charge in [-0.2, -0.15) is 0 Å². The zero-order chi connectivity index (χ0) is 14.9. The topological polar surface area (TPSA) is 38.3 Å². The van der Waals surface area contributed by atoms with Gasteiger partial charge in [0.1, 0.15) is 12.1 Å². The molecule has 1 aromatic rings. The molecule has 2 atom stereocenters. The van der Waals surface area contributed by atoms with Gasteiger partial charge in [0.15, 0.2) is 0 Å². The number of piperidine rings is 1. The summed E-state index contributed by atoms with van der Waals surface area (Å²) in [6.07, 6.45) is 5.26. The minimum atomic E-state index is -0.180. The van der Waals surface area contributed by atoms with E-state index in [2.05, 4.69) is 37.4 Å². The van der Waals surface area contributed by atoms with E-state index in [-0.39, 0.29) is 23.5 Å². The van der Waals surface area contributed by atoms with Gasteiger partial charge in [-0.1, -0.05) is 38.1 Å². The predicted molar refractivity (Wildman–Crippen MR) is 83.0 cm³/mol. The van der Waals surface area contributed by atoms with Gasteiger partial charge in [-0.15, -0.1) is 0 Å². The fraction of sp³-hybridized carbons (Fsp3) is 0.611. The smallest absolute Gasteiger partial charge is 0.324 e. The second kappa shape index (κ2) is 5.80. The Morgan fingerprint density at radius 1 is 1.29 bits per heavy atom. The van der Waals surface area contributed by atoms with E-state index in [0.29, 0.717) is 0 Å². The number of hydrogen-bond donors (Lipinski definition) is 1. The van der Waals surface area contributed by atoms with Crippen LogP contribution in [-0.2, 0) is 16.0 Å². The molecule has 1 aliphatic carbocycles. The molecule has 1 fully saturated rings. The summed E-state index contributed by atoms with van der Waals surface area (Å²) in [5.74, 6) is -0.0820. The maximum absolute atomic E-state index is 12.6. The molecule has 3 rings (SSSR count). The Morgan fingerprint density at radius 2 is 2.10 bits per heavy atom. The van der Waals surface area contributed by atoms with Gasteiger partial charge in [-0.3, -0.25) is 4.79 Å². The molecule has 3 heteroatoms. The summed E-state index contributed by atoms with van der Waals surface area (Å²) in [6, 6.07) is 8.17. The van der Waals surface area contributed by atoms with Gasteiger partial charge >= 0.3 is 5.97 Å². The molecule has 21 heavy (non-hydrogen) atoms. The Labute approximate surface area is 127 Å². The zero-order valence-corrected chi connectivity index (χ0v) is 13.0. The van der Waals surface area contributed by atoms with Gasteiger partial charge in [0.2, 0.25) is 0 Å². The maximum Gasteiger partial charge on any atom is 0.324 e. The number of carbonyl (C=O) groups is 1. The van der Waals surface area contributed by atoms with Crippen LogP contribution in [0.5, 0.6) is 0 Å². The average Bonchev–Trinajstić information content (AvgIpc) is 2.47. The highest BCUT2D eigenvalue weighted by molar-refractivity contribution is 5.77. The molecule has 0 amide bonds. The van der Waals surface area contributed by atoms with E-state index in [1.165, 1.54) is 11.1 Å². The summed E-state index contributed by atoms with van der Waals surface area (Å²) in [5.41, 5.74) is 2.51. The van der Waals surface area contributed by atoms with Crippen LogP contribution < -0.4 is 5.32 Å². The molecule has 0 spiro atoms. The highest BCUT2D eigenvalue weighted by Gasteiger charge is 2.39. The van der Waals surface area contributed by atoms with Gasteiger partial charge in [0.25, 0.3) is 0 Å². The zero-order valence-electron chi connectivity index (χ0n) is 13.0. The second-order valence-corrected chi connectivity index (χ2v) is 7.00. The summed E-state index contributed by atoms with van der Waals surface area (Å²) in [4.78, 5) is 12.6. The third-order valence-corrected chi connectivity index (χ3v) is 4.94. The van der Waals surface area contributed by atoms with E-state index in [1.54, 1.807) is 0 Å². The lowest BCUT2D eigenvalue weighted by Gasteiger charge is -2.38. The van der Waals surface area contributed by atoms with Gasteiger partial charge in [-0.05, 0) is 55.2 Å². The summed E-state index contributed by atoms with van der Waals surface area (Å²) < 4.78 is 5.89. The molecule has 1 N–H and O–H groups in total. The second-order valence-electron chi connectivity index (χ2n) is 7.00. The van der Waals surface area contributed by atoms with Crippen LogP contribution in [0.1, 0.15) is 56.8 Å². The highest BCUT2D eigenvalue weighted by atomic mass is 16.5. The van der Waals surface area contributed by atoms with Crippen molar-refractivity contribution in [3.63, 3.8) is 0 Å². The third-order valence-electron chi connectivity index (χ3n) is 4.94. The van der Waals surface area contributed by atoms with Gasteiger partial charge in [0.05, 0.1) is 0 Å². The van der Waals surface area contributed by atoms with Crippen LogP contribution in [0.3, 0.4) is 0 Å². The highest BCUT2D eigenvalue weighted by Crippen LogP contribution is 2.35. The minimum Gasteiger partial charge on any atom is -0.456 e. The largest absolute Gasteiger partial charge is 0.456 e. The molecule has 0 aromatic heterocycles. The van der Waals surface area contributed by atoms with E-state index in [4.69, 9.17) is 4.74 Å². The number of carbonyl (C=O) groups excluding carboxylic acids is 1. The first-order valence-electron chi connectivity index (χ1n) is 8.09. The summed E-state index contributed by atoms with van der Waals surface area (Å²) in [7, 11) is 0. The Balaban J connectivity index is 1.74. The van der Waals surface area contributed by atoms with E-state index < -0.39 is 0 Å². The van der Waals surface area contributed by atoms with Gasteiger partial charge in [-0.25, -0.2) is 0 Å². The number of fused-ring (bicyclic) bond motifs is 1. The lowest BCUT2D eigenvalue weighted by Crippen LogP contribution is -2.52. The Kier molecular flexibility index (Phi) is 4.03. The minimum absolute atomic E-state index is 0.0243. The lowest BCUT2D eigenvalue weighted by atomic mass is 9.77. The van der Waals surface area contributed by atoms with Crippen molar-refractivity contribution < 1.29 is 9.53 Å². The number of aryl methyl sites for hydroxylation is 1. The molecule has 0 saturated carbocycles. The van der Waals surface area contributed by atoms with E-state index in [0.717, 1.165) is 38.6 Å². The fourth-order valence-electron chi connectivity index (χ4n) is 3.65. The first kappa shape index (κ1) is 14.6. The molecule has 3 nitrogen and oxygen atoms in total. The fourth-order valence-corrected chi connectivity index (χ4v) is 3.65. The van der Waals surface area contributed by atoms with Crippen molar-refractivity contribution in [3.05, 3.63) is 35.4 Å². The normalized spacial score (nSPS) is 27.7.